The fourth-order valence-electron chi connectivity index (χ4n) is 3.21. The minimum absolute atomic E-state index is 0.0858. The summed E-state index contributed by atoms with van der Waals surface area (Å²) in [4.78, 5) is 24.3. The average Bonchev–Trinajstić information content (AvgIpc) is 3.11. The number of fused-ring (bicyclic) bond motifs is 1. The second-order valence-electron chi connectivity index (χ2n) is 6.33. The number of carbonyl (C=O) groups is 1. The minimum Gasteiger partial charge on any atom is -0.345 e. The van der Waals surface area contributed by atoms with Gasteiger partial charge in [0.15, 0.2) is 0 Å². The molecule has 0 unspecified atom stereocenters. The molecule has 0 bridgehead atoms. The highest BCUT2D eigenvalue weighted by atomic mass is 35.5. The van der Waals surface area contributed by atoms with Crippen LogP contribution in [0.25, 0.3) is 11.0 Å². The van der Waals surface area contributed by atoms with E-state index in [9.17, 15) is 4.79 Å². The second-order valence-corrected chi connectivity index (χ2v) is 6.77. The largest absolute Gasteiger partial charge is 0.345 e. The molecule has 5 nitrogen and oxygen atoms in total. The van der Waals surface area contributed by atoms with E-state index in [-0.39, 0.29) is 5.91 Å². The number of amides is 1. The molecule has 1 aromatic heterocycles. The highest BCUT2D eigenvalue weighted by Gasteiger charge is 2.22. The summed E-state index contributed by atoms with van der Waals surface area (Å²) in [6.45, 7) is 4.13. The highest BCUT2D eigenvalue weighted by molar-refractivity contribution is 6.30. The molecule has 1 saturated heterocycles. The molecule has 2 heterocycles. The predicted octanol–water partition coefficient (Wildman–Crippen LogP) is 3.17. The predicted molar refractivity (Wildman–Crippen MR) is 98.7 cm³/mol. The van der Waals surface area contributed by atoms with Crippen LogP contribution in [0.15, 0.2) is 48.8 Å². The van der Waals surface area contributed by atoms with Crippen LogP contribution in [0.1, 0.15) is 15.9 Å². The van der Waals surface area contributed by atoms with Gasteiger partial charge in [0.25, 0.3) is 5.91 Å². The van der Waals surface area contributed by atoms with Gasteiger partial charge in [0.1, 0.15) is 0 Å². The fourth-order valence-corrected chi connectivity index (χ4v) is 3.33. The lowest BCUT2D eigenvalue weighted by molar-refractivity contribution is 0.0628. The molecule has 0 atom stereocenters. The third-order valence-electron chi connectivity index (χ3n) is 4.65. The van der Waals surface area contributed by atoms with Crippen molar-refractivity contribution >= 4 is 28.5 Å². The summed E-state index contributed by atoms with van der Waals surface area (Å²) in [5.74, 6) is 0.0858. The first-order chi connectivity index (χ1) is 12.2. The zero-order chi connectivity index (χ0) is 17.2. The number of benzene rings is 2. The maximum atomic E-state index is 12.7. The molecule has 3 aromatic rings. The average molecular weight is 355 g/mol. The van der Waals surface area contributed by atoms with Gasteiger partial charge in [0.2, 0.25) is 0 Å². The highest BCUT2D eigenvalue weighted by Crippen LogP contribution is 2.16. The number of aromatic amines is 1. The molecule has 6 heteroatoms. The number of imidazole rings is 1. The van der Waals surface area contributed by atoms with Gasteiger partial charge in [-0.05, 0) is 35.9 Å². The lowest BCUT2D eigenvalue weighted by Gasteiger charge is -2.34. The van der Waals surface area contributed by atoms with Gasteiger partial charge < -0.3 is 9.88 Å². The molecule has 1 aliphatic rings. The van der Waals surface area contributed by atoms with Gasteiger partial charge in [0, 0.05) is 43.3 Å². The molecular weight excluding hydrogens is 336 g/mol. The van der Waals surface area contributed by atoms with Crippen molar-refractivity contribution in [3.63, 3.8) is 0 Å². The number of aromatic nitrogens is 2. The molecule has 0 saturated carbocycles. The number of halogens is 1. The SMILES string of the molecule is O=C(c1ccc2nc[nH]c2c1)N1CCN(Cc2ccc(Cl)cc2)CC1. The zero-order valence-electron chi connectivity index (χ0n) is 13.8. The third-order valence-corrected chi connectivity index (χ3v) is 4.90. The normalized spacial score (nSPS) is 15.6. The number of carbonyl (C=O) groups excluding carboxylic acids is 1. The van der Waals surface area contributed by atoms with Crippen LogP contribution in [0.5, 0.6) is 0 Å². The van der Waals surface area contributed by atoms with Gasteiger partial charge in [-0.2, -0.15) is 0 Å². The fraction of sp³-hybridized carbons (Fsp3) is 0.263. The van der Waals surface area contributed by atoms with E-state index < -0.39 is 0 Å². The molecular formula is C19H19ClN4O. The summed E-state index contributed by atoms with van der Waals surface area (Å²) in [6, 6.07) is 13.6. The standard InChI is InChI=1S/C19H19ClN4O/c20-16-4-1-14(2-5-16)12-23-7-9-24(10-8-23)19(25)15-3-6-17-18(11-15)22-13-21-17/h1-6,11,13H,7-10,12H2,(H,21,22). The van der Waals surface area contributed by atoms with E-state index in [2.05, 4.69) is 27.0 Å². The zero-order valence-corrected chi connectivity index (χ0v) is 14.5. The molecule has 1 N–H and O–H groups in total. The minimum atomic E-state index is 0.0858. The summed E-state index contributed by atoms with van der Waals surface area (Å²) in [5, 5.41) is 0.758. The van der Waals surface area contributed by atoms with Gasteiger partial charge in [-0.25, -0.2) is 4.98 Å². The van der Waals surface area contributed by atoms with Gasteiger partial charge in [0.05, 0.1) is 17.4 Å². The van der Waals surface area contributed by atoms with Crippen LogP contribution in [0.2, 0.25) is 5.02 Å². The van der Waals surface area contributed by atoms with Crippen LogP contribution in [0, 0.1) is 0 Å². The van der Waals surface area contributed by atoms with E-state index in [1.807, 2.05) is 35.2 Å². The monoisotopic (exact) mass is 354 g/mol. The van der Waals surface area contributed by atoms with E-state index in [0.29, 0.717) is 5.56 Å². The van der Waals surface area contributed by atoms with Crippen LogP contribution < -0.4 is 0 Å². The van der Waals surface area contributed by atoms with Crippen LogP contribution in [-0.2, 0) is 6.54 Å². The van der Waals surface area contributed by atoms with E-state index in [1.165, 1.54) is 5.56 Å². The molecule has 25 heavy (non-hydrogen) atoms. The van der Waals surface area contributed by atoms with Crippen molar-refractivity contribution in [3.8, 4) is 0 Å². The van der Waals surface area contributed by atoms with Crippen molar-refractivity contribution in [2.45, 2.75) is 6.54 Å². The molecule has 128 valence electrons. The number of H-pyrrole nitrogens is 1. The van der Waals surface area contributed by atoms with Crippen LogP contribution in [0.4, 0.5) is 0 Å². The van der Waals surface area contributed by atoms with E-state index in [4.69, 9.17) is 11.6 Å². The molecule has 0 radical (unpaired) electrons. The van der Waals surface area contributed by atoms with Gasteiger partial charge in [-0.3, -0.25) is 9.69 Å². The molecule has 1 amide bonds. The van der Waals surface area contributed by atoms with Crippen molar-refractivity contribution in [3.05, 3.63) is 64.9 Å². The van der Waals surface area contributed by atoms with Gasteiger partial charge in [-0.15, -0.1) is 0 Å². The number of rotatable bonds is 3. The van der Waals surface area contributed by atoms with Crippen molar-refractivity contribution in [1.29, 1.82) is 0 Å². The lowest BCUT2D eigenvalue weighted by atomic mass is 10.1. The Morgan fingerprint density at radius 2 is 1.84 bits per heavy atom. The topological polar surface area (TPSA) is 52.2 Å². The quantitative estimate of drug-likeness (QED) is 0.786. The van der Waals surface area contributed by atoms with Crippen LogP contribution in [0.3, 0.4) is 0 Å². The Balaban J connectivity index is 1.37. The third kappa shape index (κ3) is 3.52. The van der Waals surface area contributed by atoms with E-state index in [0.717, 1.165) is 48.8 Å². The Hall–Kier alpha value is -2.37. The first-order valence-corrected chi connectivity index (χ1v) is 8.76. The number of nitrogens with zero attached hydrogens (tertiary/aromatic N) is 3. The Bertz CT molecular complexity index is 882. The number of hydrogen-bond donors (Lipinski definition) is 1. The Morgan fingerprint density at radius 3 is 2.60 bits per heavy atom. The molecule has 0 aliphatic carbocycles. The summed E-state index contributed by atoms with van der Waals surface area (Å²) in [7, 11) is 0. The molecule has 1 aliphatic heterocycles. The van der Waals surface area contributed by atoms with Gasteiger partial charge in [-0.1, -0.05) is 23.7 Å². The number of piperazine rings is 1. The van der Waals surface area contributed by atoms with Crippen molar-refractivity contribution in [2.75, 3.05) is 26.2 Å². The summed E-state index contributed by atoms with van der Waals surface area (Å²) < 4.78 is 0. The smallest absolute Gasteiger partial charge is 0.254 e. The van der Waals surface area contributed by atoms with Crippen molar-refractivity contribution < 1.29 is 4.79 Å². The van der Waals surface area contributed by atoms with Crippen LogP contribution in [-0.4, -0.2) is 51.9 Å². The number of nitrogens with one attached hydrogen (secondary N) is 1. The van der Waals surface area contributed by atoms with E-state index >= 15 is 0 Å². The number of hydrogen-bond acceptors (Lipinski definition) is 3. The first kappa shape index (κ1) is 16.1. The lowest BCUT2D eigenvalue weighted by Crippen LogP contribution is -2.48. The Morgan fingerprint density at radius 1 is 1.08 bits per heavy atom. The Labute approximate surface area is 151 Å². The maximum Gasteiger partial charge on any atom is 0.254 e. The second kappa shape index (κ2) is 6.86. The van der Waals surface area contributed by atoms with E-state index in [1.54, 1.807) is 6.33 Å². The van der Waals surface area contributed by atoms with Crippen LogP contribution >= 0.6 is 11.6 Å². The molecule has 1 fully saturated rings. The Kier molecular flexibility index (Phi) is 4.42. The molecule has 2 aromatic carbocycles. The molecule has 4 rings (SSSR count). The summed E-state index contributed by atoms with van der Waals surface area (Å²) in [5.41, 5.74) is 3.73. The van der Waals surface area contributed by atoms with Crippen molar-refractivity contribution in [2.24, 2.45) is 0 Å². The van der Waals surface area contributed by atoms with Gasteiger partial charge >= 0.3 is 0 Å². The maximum absolute atomic E-state index is 12.7. The van der Waals surface area contributed by atoms with Crippen molar-refractivity contribution in [1.82, 2.24) is 19.8 Å². The summed E-state index contributed by atoms with van der Waals surface area (Å²) in [6.07, 6.45) is 1.65. The summed E-state index contributed by atoms with van der Waals surface area (Å²) >= 11 is 5.93. The molecule has 0 spiro atoms. The first-order valence-electron chi connectivity index (χ1n) is 8.38.